The smallest absolute Gasteiger partial charge is 0.203 e. The topological polar surface area (TPSA) is 0 Å². The average molecular weight is 387 g/mol. The molecule has 0 atom stereocenters. The highest BCUT2D eigenvalue weighted by Crippen LogP contribution is 2.40. The molecule has 0 spiro atoms. The van der Waals surface area contributed by atoms with E-state index in [0.29, 0.717) is 6.07 Å². The second-order valence-corrected chi connectivity index (χ2v) is 4.85. The van der Waals surface area contributed by atoms with Gasteiger partial charge in [0, 0.05) is 10.9 Å². The summed E-state index contributed by atoms with van der Waals surface area (Å²) in [6, 6.07) is 3.40. The van der Waals surface area contributed by atoms with Crippen LogP contribution in [0.2, 0.25) is 0 Å². The molecular weight excluding hydrogens is 381 g/mol. The van der Waals surface area contributed by atoms with Crippen LogP contribution in [0.15, 0.2) is 24.3 Å². The van der Waals surface area contributed by atoms with E-state index in [0.717, 1.165) is 18.2 Å². The van der Waals surface area contributed by atoms with Gasteiger partial charge in [-0.1, -0.05) is 34.1 Å². The van der Waals surface area contributed by atoms with Crippen molar-refractivity contribution >= 4 is 15.9 Å². The van der Waals surface area contributed by atoms with Gasteiger partial charge in [0.25, 0.3) is 0 Å². The zero-order valence-corrected chi connectivity index (χ0v) is 12.1. The van der Waals surface area contributed by atoms with Gasteiger partial charge in [0.2, 0.25) is 0 Å². The molecule has 0 fully saturated rings. The summed E-state index contributed by atoms with van der Waals surface area (Å²) in [5.41, 5.74) is -4.67. The monoisotopic (exact) mass is 386 g/mol. The van der Waals surface area contributed by atoms with Gasteiger partial charge in [-0.25, -0.2) is 17.6 Å². The van der Waals surface area contributed by atoms with Gasteiger partial charge in [0.05, 0.1) is 11.1 Å². The van der Waals surface area contributed by atoms with Gasteiger partial charge in [-0.05, 0) is 11.6 Å². The molecule has 0 aromatic heterocycles. The molecule has 2 rings (SSSR count). The summed E-state index contributed by atoms with van der Waals surface area (Å²) in [4.78, 5) is 0. The molecule has 0 bridgehead atoms. The lowest BCUT2D eigenvalue weighted by molar-refractivity contribution is -0.137. The van der Waals surface area contributed by atoms with E-state index in [2.05, 4.69) is 15.9 Å². The molecule has 0 aliphatic heterocycles. The predicted molar refractivity (Wildman–Crippen MR) is 69.3 cm³/mol. The fourth-order valence-electron chi connectivity index (χ4n) is 1.98. The highest BCUT2D eigenvalue weighted by molar-refractivity contribution is 9.08. The van der Waals surface area contributed by atoms with Gasteiger partial charge in [-0.15, -0.1) is 0 Å². The molecule has 0 N–H and O–H groups in total. The largest absolute Gasteiger partial charge is 0.417 e. The predicted octanol–water partition coefficient (Wildman–Crippen LogP) is 5.82. The Kier molecular flexibility index (Phi) is 4.51. The molecule has 0 saturated heterocycles. The first-order valence-electron chi connectivity index (χ1n) is 5.77. The Labute approximate surface area is 128 Å². The van der Waals surface area contributed by atoms with Crippen molar-refractivity contribution in [3.05, 3.63) is 58.7 Å². The summed E-state index contributed by atoms with van der Waals surface area (Å²) in [6.45, 7) is 0. The van der Waals surface area contributed by atoms with Gasteiger partial charge in [-0.3, -0.25) is 0 Å². The van der Waals surface area contributed by atoms with Crippen molar-refractivity contribution in [2.75, 3.05) is 0 Å². The maximum atomic E-state index is 14.0. The van der Waals surface area contributed by atoms with Crippen LogP contribution in [0.1, 0.15) is 11.1 Å². The number of halogens is 8. The Hall–Kier alpha value is -1.57. The van der Waals surface area contributed by atoms with Crippen LogP contribution in [0, 0.1) is 23.3 Å². The summed E-state index contributed by atoms with van der Waals surface area (Å²) < 4.78 is 94.1. The lowest BCUT2D eigenvalue weighted by Crippen LogP contribution is -2.10. The van der Waals surface area contributed by atoms with Gasteiger partial charge in [0.1, 0.15) is 0 Å². The van der Waals surface area contributed by atoms with E-state index in [-0.39, 0.29) is 0 Å². The minimum absolute atomic E-state index is 0.528. The highest BCUT2D eigenvalue weighted by atomic mass is 79.9. The van der Waals surface area contributed by atoms with E-state index in [1.165, 1.54) is 0 Å². The molecule has 0 heterocycles. The molecule has 0 unspecified atom stereocenters. The summed E-state index contributed by atoms with van der Waals surface area (Å²) in [5, 5.41) is -0.528. The zero-order valence-electron chi connectivity index (χ0n) is 10.5. The van der Waals surface area contributed by atoms with Crippen LogP contribution in [0.25, 0.3) is 11.1 Å². The Morgan fingerprint density at radius 2 is 1.32 bits per heavy atom. The van der Waals surface area contributed by atoms with Crippen LogP contribution in [0.3, 0.4) is 0 Å². The minimum Gasteiger partial charge on any atom is -0.203 e. The standard InChI is InChI=1S/C14H6BrF7/c15-5-7-10(16)12(18)9(13(19)11(7)17)6-3-1-2-4-8(6)14(20,21)22/h1-4H,5H2. The van der Waals surface area contributed by atoms with Gasteiger partial charge >= 0.3 is 6.18 Å². The van der Waals surface area contributed by atoms with E-state index >= 15 is 0 Å². The Balaban J connectivity index is 2.86. The molecule has 0 aliphatic carbocycles. The first-order chi connectivity index (χ1) is 10.2. The number of benzene rings is 2. The summed E-state index contributed by atoms with van der Waals surface area (Å²) in [5.74, 6) is -7.21. The first kappa shape index (κ1) is 16.8. The number of rotatable bonds is 2. The van der Waals surface area contributed by atoms with E-state index in [4.69, 9.17) is 0 Å². The second-order valence-electron chi connectivity index (χ2n) is 4.29. The Morgan fingerprint density at radius 3 is 1.77 bits per heavy atom. The number of alkyl halides is 4. The van der Waals surface area contributed by atoms with Crippen LogP contribution >= 0.6 is 15.9 Å². The van der Waals surface area contributed by atoms with Crippen molar-refractivity contribution < 1.29 is 30.7 Å². The van der Waals surface area contributed by atoms with Gasteiger partial charge in [0.15, 0.2) is 23.3 Å². The van der Waals surface area contributed by atoms with E-state index in [1.807, 2.05) is 0 Å². The molecule has 0 nitrogen and oxygen atoms in total. The third kappa shape index (κ3) is 2.71. The fraction of sp³-hybridized carbons (Fsp3) is 0.143. The van der Waals surface area contributed by atoms with Gasteiger partial charge in [-0.2, -0.15) is 13.2 Å². The molecule has 8 heteroatoms. The normalized spacial score (nSPS) is 11.8. The zero-order chi connectivity index (χ0) is 16.7. The van der Waals surface area contributed by atoms with Crippen molar-refractivity contribution in [3.63, 3.8) is 0 Å². The Morgan fingerprint density at radius 1 is 0.818 bits per heavy atom. The van der Waals surface area contributed by atoms with E-state index < -0.39 is 57.0 Å². The maximum absolute atomic E-state index is 14.0. The highest BCUT2D eigenvalue weighted by Gasteiger charge is 2.36. The third-order valence-corrected chi connectivity index (χ3v) is 3.55. The molecule has 0 aliphatic rings. The summed E-state index contributed by atoms with van der Waals surface area (Å²) >= 11 is 2.66. The van der Waals surface area contributed by atoms with Gasteiger partial charge < -0.3 is 0 Å². The number of hydrogen-bond acceptors (Lipinski definition) is 0. The molecule has 0 radical (unpaired) electrons. The lowest BCUT2D eigenvalue weighted by Gasteiger charge is -2.15. The number of hydrogen-bond donors (Lipinski definition) is 0. The third-order valence-electron chi connectivity index (χ3n) is 2.99. The van der Waals surface area contributed by atoms with Crippen LogP contribution in [0.5, 0.6) is 0 Å². The Bertz CT molecular complexity index is 693. The lowest BCUT2D eigenvalue weighted by atomic mass is 9.96. The van der Waals surface area contributed by atoms with Crippen molar-refractivity contribution in [1.82, 2.24) is 0 Å². The molecule has 0 amide bonds. The molecular formula is C14H6BrF7. The van der Waals surface area contributed by atoms with Crippen molar-refractivity contribution in [1.29, 1.82) is 0 Å². The summed E-state index contributed by atoms with van der Waals surface area (Å²) in [6.07, 6.45) is -4.93. The fourth-order valence-corrected chi connectivity index (χ4v) is 2.47. The van der Waals surface area contributed by atoms with Crippen LogP contribution in [0.4, 0.5) is 30.7 Å². The molecule has 0 saturated carbocycles. The first-order valence-corrected chi connectivity index (χ1v) is 6.89. The van der Waals surface area contributed by atoms with Crippen molar-refractivity contribution in [2.24, 2.45) is 0 Å². The van der Waals surface area contributed by atoms with Crippen molar-refractivity contribution in [3.8, 4) is 11.1 Å². The second kappa shape index (κ2) is 5.91. The summed E-state index contributed by atoms with van der Waals surface area (Å²) in [7, 11) is 0. The van der Waals surface area contributed by atoms with Crippen LogP contribution < -0.4 is 0 Å². The van der Waals surface area contributed by atoms with E-state index in [1.54, 1.807) is 0 Å². The SMILES string of the molecule is Fc1c(F)c(-c2ccccc2C(F)(F)F)c(F)c(F)c1CBr. The molecule has 22 heavy (non-hydrogen) atoms. The average Bonchev–Trinajstić information content (AvgIpc) is 2.46. The maximum Gasteiger partial charge on any atom is 0.417 e. The molecule has 2 aromatic carbocycles. The van der Waals surface area contributed by atoms with Crippen molar-refractivity contribution in [2.45, 2.75) is 11.5 Å². The molecule has 118 valence electrons. The minimum atomic E-state index is -4.93. The molecule has 2 aromatic rings. The van der Waals surface area contributed by atoms with Crippen LogP contribution in [-0.2, 0) is 11.5 Å². The quantitative estimate of drug-likeness (QED) is 0.346. The van der Waals surface area contributed by atoms with Crippen LogP contribution in [-0.4, -0.2) is 0 Å². The van der Waals surface area contributed by atoms with E-state index in [9.17, 15) is 30.7 Å².